The first-order valence-corrected chi connectivity index (χ1v) is 12.4. The lowest BCUT2D eigenvalue weighted by Gasteiger charge is -2.26. The summed E-state index contributed by atoms with van der Waals surface area (Å²) in [5.74, 6) is -0.0754. The Hall–Kier alpha value is -4.26. The number of carbonyl (C=O) groups excluding carboxylic acids is 2. The van der Waals surface area contributed by atoms with Gasteiger partial charge in [0.2, 0.25) is 0 Å². The normalized spacial score (nSPS) is 16.6. The quantitative estimate of drug-likeness (QED) is 0.231. The zero-order valence-corrected chi connectivity index (χ0v) is 21.5. The van der Waals surface area contributed by atoms with Crippen LogP contribution in [0, 0.1) is 0 Å². The van der Waals surface area contributed by atoms with E-state index in [9.17, 15) is 14.7 Å². The number of Topliss-reactive ketones (excluding diaryl/α,β-unsaturated/α-hetero) is 1. The van der Waals surface area contributed by atoms with E-state index < -0.39 is 17.7 Å². The molecule has 3 aromatic carbocycles. The standard InChI is InChI=1S/C30H31NO6/c1-5-19-8-13-22(14-9-19)31-27(21-12-17-24(35-4)25(18-21)37-7-3)26(29(33)30(31)34)28(32)20-10-15-23(16-11-20)36-6-2/h8-18,27,32H,5-7H2,1-4H3/b28-26-. The van der Waals surface area contributed by atoms with Crippen molar-refractivity contribution in [3.63, 3.8) is 0 Å². The summed E-state index contributed by atoms with van der Waals surface area (Å²) < 4.78 is 16.7. The second-order valence-electron chi connectivity index (χ2n) is 8.49. The molecule has 1 N–H and O–H groups in total. The van der Waals surface area contributed by atoms with E-state index in [0.717, 1.165) is 12.0 Å². The Morgan fingerprint density at radius 3 is 2.14 bits per heavy atom. The van der Waals surface area contributed by atoms with E-state index in [4.69, 9.17) is 14.2 Å². The van der Waals surface area contributed by atoms with Crippen LogP contribution in [0.1, 0.15) is 43.5 Å². The first-order valence-electron chi connectivity index (χ1n) is 12.4. The number of aryl methyl sites for hydroxylation is 1. The Morgan fingerprint density at radius 1 is 0.865 bits per heavy atom. The molecule has 192 valence electrons. The van der Waals surface area contributed by atoms with Crippen LogP contribution in [-0.4, -0.2) is 37.1 Å². The summed E-state index contributed by atoms with van der Waals surface area (Å²) in [5, 5.41) is 11.4. The monoisotopic (exact) mass is 501 g/mol. The number of ether oxygens (including phenoxy) is 3. The molecular formula is C30H31NO6. The number of ketones is 1. The average Bonchev–Trinajstić information content (AvgIpc) is 3.19. The molecule has 1 saturated heterocycles. The number of methoxy groups -OCH3 is 1. The van der Waals surface area contributed by atoms with Gasteiger partial charge in [0.1, 0.15) is 11.5 Å². The highest BCUT2D eigenvalue weighted by Gasteiger charge is 2.47. The summed E-state index contributed by atoms with van der Waals surface area (Å²) in [6, 6.07) is 18.6. The van der Waals surface area contributed by atoms with Crippen molar-refractivity contribution < 1.29 is 28.9 Å². The first kappa shape index (κ1) is 25.8. The van der Waals surface area contributed by atoms with Crippen LogP contribution in [-0.2, 0) is 16.0 Å². The van der Waals surface area contributed by atoms with E-state index in [1.807, 2.05) is 45.0 Å². The minimum atomic E-state index is -0.871. The Balaban J connectivity index is 1.90. The molecule has 1 heterocycles. The molecule has 7 nitrogen and oxygen atoms in total. The van der Waals surface area contributed by atoms with Crippen molar-refractivity contribution in [2.24, 2.45) is 0 Å². The van der Waals surface area contributed by atoms with E-state index in [1.54, 1.807) is 49.6 Å². The van der Waals surface area contributed by atoms with Crippen LogP contribution < -0.4 is 19.1 Å². The predicted octanol–water partition coefficient (Wildman–Crippen LogP) is 5.68. The van der Waals surface area contributed by atoms with Gasteiger partial charge < -0.3 is 19.3 Å². The molecule has 4 rings (SSSR count). The molecule has 7 heteroatoms. The van der Waals surface area contributed by atoms with Gasteiger partial charge in [0, 0.05) is 11.3 Å². The number of aliphatic hydroxyl groups is 1. The maximum atomic E-state index is 13.4. The lowest BCUT2D eigenvalue weighted by Crippen LogP contribution is -2.29. The summed E-state index contributed by atoms with van der Waals surface area (Å²) in [4.78, 5) is 28.3. The number of hydrogen-bond acceptors (Lipinski definition) is 6. The molecule has 1 aliphatic rings. The van der Waals surface area contributed by atoms with Crippen molar-refractivity contribution in [3.05, 3.63) is 89.0 Å². The third kappa shape index (κ3) is 5.03. The zero-order chi connectivity index (χ0) is 26.5. The summed E-state index contributed by atoms with van der Waals surface area (Å²) in [5.41, 5.74) is 2.68. The summed E-state index contributed by atoms with van der Waals surface area (Å²) in [7, 11) is 1.55. The minimum Gasteiger partial charge on any atom is -0.507 e. The highest BCUT2D eigenvalue weighted by molar-refractivity contribution is 6.51. The van der Waals surface area contributed by atoms with Crippen molar-refractivity contribution in [1.29, 1.82) is 0 Å². The van der Waals surface area contributed by atoms with E-state index >= 15 is 0 Å². The van der Waals surface area contributed by atoms with Gasteiger partial charge in [-0.2, -0.15) is 0 Å². The number of nitrogens with zero attached hydrogens (tertiary/aromatic N) is 1. The molecule has 1 aliphatic heterocycles. The van der Waals surface area contributed by atoms with Gasteiger partial charge >= 0.3 is 0 Å². The Labute approximate surface area is 216 Å². The number of carbonyl (C=O) groups is 2. The van der Waals surface area contributed by atoms with Crippen LogP contribution in [0.3, 0.4) is 0 Å². The Bertz CT molecular complexity index is 1310. The van der Waals surface area contributed by atoms with Gasteiger partial charge in [-0.15, -0.1) is 0 Å². The molecular weight excluding hydrogens is 470 g/mol. The van der Waals surface area contributed by atoms with Crippen LogP contribution >= 0.6 is 0 Å². The van der Waals surface area contributed by atoms with E-state index in [1.165, 1.54) is 4.90 Å². The largest absolute Gasteiger partial charge is 0.507 e. The highest BCUT2D eigenvalue weighted by Crippen LogP contribution is 2.44. The second-order valence-corrected chi connectivity index (χ2v) is 8.49. The maximum Gasteiger partial charge on any atom is 0.300 e. The fourth-order valence-corrected chi connectivity index (χ4v) is 4.47. The summed E-state index contributed by atoms with van der Waals surface area (Å²) in [6.45, 7) is 6.70. The fraction of sp³-hybridized carbons (Fsp3) is 0.267. The molecule has 0 saturated carbocycles. The number of benzene rings is 3. The van der Waals surface area contributed by atoms with Crippen LogP contribution in [0.5, 0.6) is 17.2 Å². The summed E-state index contributed by atoms with van der Waals surface area (Å²) in [6.07, 6.45) is 0.844. The van der Waals surface area contributed by atoms with Gasteiger partial charge in [-0.05, 0) is 79.9 Å². The van der Waals surface area contributed by atoms with Crippen LogP contribution in [0.4, 0.5) is 5.69 Å². The number of aliphatic hydroxyl groups excluding tert-OH is 1. The van der Waals surface area contributed by atoms with Crippen LogP contribution in [0.2, 0.25) is 0 Å². The molecule has 0 bridgehead atoms. The smallest absolute Gasteiger partial charge is 0.300 e. The van der Waals surface area contributed by atoms with Crippen molar-refractivity contribution in [3.8, 4) is 17.2 Å². The number of rotatable bonds is 9. The average molecular weight is 502 g/mol. The summed E-state index contributed by atoms with van der Waals surface area (Å²) >= 11 is 0. The minimum absolute atomic E-state index is 0.00124. The van der Waals surface area contributed by atoms with Gasteiger partial charge in [-0.25, -0.2) is 0 Å². The van der Waals surface area contributed by atoms with Gasteiger partial charge in [-0.3, -0.25) is 14.5 Å². The Kier molecular flexibility index (Phi) is 7.82. The Morgan fingerprint density at radius 2 is 1.54 bits per heavy atom. The third-order valence-electron chi connectivity index (χ3n) is 6.31. The van der Waals surface area contributed by atoms with E-state index in [0.29, 0.717) is 47.3 Å². The molecule has 1 atom stereocenters. The molecule has 1 fully saturated rings. The van der Waals surface area contributed by atoms with E-state index in [2.05, 4.69) is 0 Å². The van der Waals surface area contributed by atoms with Gasteiger partial charge in [0.25, 0.3) is 11.7 Å². The third-order valence-corrected chi connectivity index (χ3v) is 6.31. The fourth-order valence-electron chi connectivity index (χ4n) is 4.47. The molecule has 0 spiro atoms. The van der Waals surface area contributed by atoms with E-state index in [-0.39, 0.29) is 11.3 Å². The molecule has 37 heavy (non-hydrogen) atoms. The van der Waals surface area contributed by atoms with Crippen molar-refractivity contribution in [2.45, 2.75) is 33.2 Å². The number of anilines is 1. The highest BCUT2D eigenvalue weighted by atomic mass is 16.5. The van der Waals surface area contributed by atoms with Crippen LogP contribution in [0.15, 0.2) is 72.3 Å². The molecule has 1 unspecified atom stereocenters. The van der Waals surface area contributed by atoms with Crippen molar-refractivity contribution in [2.75, 3.05) is 25.2 Å². The first-order chi connectivity index (χ1) is 17.9. The van der Waals surface area contributed by atoms with Gasteiger partial charge in [0.05, 0.1) is 31.9 Å². The van der Waals surface area contributed by atoms with Crippen molar-refractivity contribution in [1.82, 2.24) is 0 Å². The topological polar surface area (TPSA) is 85.3 Å². The number of hydrogen-bond donors (Lipinski definition) is 1. The SMILES string of the molecule is CCOc1ccc(/C(O)=C2/C(=O)C(=O)N(c3ccc(CC)cc3)C2c2ccc(OC)c(OCC)c2)cc1. The lowest BCUT2D eigenvalue weighted by atomic mass is 9.94. The molecule has 3 aromatic rings. The van der Waals surface area contributed by atoms with Crippen molar-refractivity contribution >= 4 is 23.1 Å². The molecule has 1 amide bonds. The van der Waals surface area contributed by atoms with Crippen LogP contribution in [0.25, 0.3) is 5.76 Å². The maximum absolute atomic E-state index is 13.4. The number of amides is 1. The lowest BCUT2D eigenvalue weighted by molar-refractivity contribution is -0.132. The predicted molar refractivity (Wildman–Crippen MR) is 142 cm³/mol. The zero-order valence-electron chi connectivity index (χ0n) is 21.5. The van der Waals surface area contributed by atoms with Gasteiger partial charge in [-0.1, -0.05) is 25.1 Å². The second kappa shape index (κ2) is 11.2. The molecule has 0 radical (unpaired) electrons. The molecule has 0 aromatic heterocycles. The molecule has 0 aliphatic carbocycles. The van der Waals surface area contributed by atoms with Gasteiger partial charge in [0.15, 0.2) is 11.5 Å².